The summed E-state index contributed by atoms with van der Waals surface area (Å²) in [5, 5.41) is 10.9. The smallest absolute Gasteiger partial charge is 0.273 e. The first-order chi connectivity index (χ1) is 14.6. The van der Waals surface area contributed by atoms with Gasteiger partial charge in [0, 0.05) is 25.7 Å². The van der Waals surface area contributed by atoms with E-state index in [0.717, 1.165) is 37.5 Å². The lowest BCUT2D eigenvalue weighted by Crippen LogP contribution is -2.35. The molecule has 1 N–H and O–H groups in total. The molecule has 10 nitrogen and oxygen atoms in total. The number of ether oxygens (including phenoxy) is 1. The van der Waals surface area contributed by atoms with E-state index in [9.17, 15) is 26.9 Å². The van der Waals surface area contributed by atoms with Crippen molar-refractivity contribution in [2.75, 3.05) is 20.2 Å². The molecule has 1 aliphatic heterocycles. The zero-order valence-corrected chi connectivity index (χ0v) is 18.5. The van der Waals surface area contributed by atoms with Crippen molar-refractivity contribution in [2.45, 2.75) is 35.6 Å². The average Bonchev–Trinajstić information content (AvgIpc) is 2.78. The molecule has 0 aromatic heterocycles. The van der Waals surface area contributed by atoms with E-state index in [1.165, 1.54) is 23.5 Å². The number of hydrogen-bond acceptors (Lipinski definition) is 7. The Balaban J connectivity index is 1.73. The maximum atomic E-state index is 12.7. The number of methoxy groups -OCH3 is 1. The Bertz CT molecular complexity index is 1160. The summed E-state index contributed by atoms with van der Waals surface area (Å²) in [6, 6.07) is 9.23. The van der Waals surface area contributed by atoms with E-state index in [-0.39, 0.29) is 27.8 Å². The van der Waals surface area contributed by atoms with Crippen LogP contribution < -0.4 is 9.46 Å². The molecule has 1 saturated heterocycles. The molecule has 168 valence electrons. The van der Waals surface area contributed by atoms with Gasteiger partial charge < -0.3 is 4.74 Å². The highest BCUT2D eigenvalue weighted by Gasteiger charge is 2.26. The van der Waals surface area contributed by atoms with Gasteiger partial charge >= 0.3 is 0 Å². The minimum atomic E-state index is -4.02. The van der Waals surface area contributed by atoms with Gasteiger partial charge in [0.2, 0.25) is 20.0 Å². The van der Waals surface area contributed by atoms with Crippen molar-refractivity contribution in [2.24, 2.45) is 0 Å². The minimum Gasteiger partial charge on any atom is -0.495 e. The molecule has 12 heteroatoms. The number of nitrogens with zero attached hydrogens (tertiary/aromatic N) is 2. The third-order valence-electron chi connectivity index (χ3n) is 4.99. The standard InChI is InChI=1S/C19H23N3O7S2/c1-29-18-13-16(22(23)24)7-10-19(18)30(25,26)20-14-15-5-8-17(9-6-15)31(27,28)21-11-3-2-4-12-21/h5-10,13,20H,2-4,11-12,14H2,1H3. The quantitative estimate of drug-likeness (QED) is 0.462. The number of hydrogen-bond donors (Lipinski definition) is 1. The Morgan fingerprint density at radius 3 is 2.26 bits per heavy atom. The van der Waals surface area contributed by atoms with Crippen molar-refractivity contribution in [3.63, 3.8) is 0 Å². The first-order valence-corrected chi connectivity index (χ1v) is 12.5. The Labute approximate surface area is 181 Å². The minimum absolute atomic E-state index is 0.0908. The Kier molecular flexibility index (Phi) is 6.94. The monoisotopic (exact) mass is 469 g/mol. The largest absolute Gasteiger partial charge is 0.495 e. The summed E-state index contributed by atoms with van der Waals surface area (Å²) in [6.07, 6.45) is 2.70. The number of nitro groups is 1. The van der Waals surface area contributed by atoms with Gasteiger partial charge in [-0.1, -0.05) is 18.6 Å². The molecule has 0 atom stereocenters. The third-order valence-corrected chi connectivity index (χ3v) is 8.34. The van der Waals surface area contributed by atoms with Gasteiger partial charge in [-0.25, -0.2) is 21.6 Å². The van der Waals surface area contributed by atoms with Crippen LogP contribution >= 0.6 is 0 Å². The lowest BCUT2D eigenvalue weighted by atomic mass is 10.2. The van der Waals surface area contributed by atoms with Gasteiger partial charge in [0.25, 0.3) is 5.69 Å². The summed E-state index contributed by atoms with van der Waals surface area (Å²) < 4.78 is 59.5. The summed E-state index contributed by atoms with van der Waals surface area (Å²) in [5.41, 5.74) is 0.267. The van der Waals surface area contributed by atoms with Crippen LogP contribution in [0.15, 0.2) is 52.3 Å². The third kappa shape index (κ3) is 5.21. The zero-order chi connectivity index (χ0) is 22.6. The van der Waals surface area contributed by atoms with Gasteiger partial charge in [-0.2, -0.15) is 4.31 Å². The van der Waals surface area contributed by atoms with Gasteiger partial charge in [0.05, 0.1) is 23.0 Å². The first kappa shape index (κ1) is 23.1. The van der Waals surface area contributed by atoms with Crippen LogP contribution in [0.25, 0.3) is 0 Å². The van der Waals surface area contributed by atoms with Crippen LogP contribution in [-0.4, -0.2) is 46.3 Å². The molecule has 0 bridgehead atoms. The second kappa shape index (κ2) is 9.30. The predicted molar refractivity (Wildman–Crippen MR) is 113 cm³/mol. The van der Waals surface area contributed by atoms with Crippen molar-refractivity contribution in [3.8, 4) is 5.75 Å². The van der Waals surface area contributed by atoms with E-state index in [0.29, 0.717) is 18.7 Å². The summed E-state index contributed by atoms with van der Waals surface area (Å²) in [6.45, 7) is 0.911. The molecule has 1 heterocycles. The predicted octanol–water partition coefficient (Wildman–Crippen LogP) is 2.26. The molecule has 0 saturated carbocycles. The lowest BCUT2D eigenvalue weighted by Gasteiger charge is -2.25. The van der Waals surface area contributed by atoms with Crippen molar-refractivity contribution in [1.29, 1.82) is 0 Å². The maximum absolute atomic E-state index is 12.7. The molecule has 0 aliphatic carbocycles. The Morgan fingerprint density at radius 2 is 1.68 bits per heavy atom. The number of non-ortho nitro benzene ring substituents is 1. The van der Waals surface area contributed by atoms with Crippen molar-refractivity contribution in [3.05, 3.63) is 58.1 Å². The van der Waals surface area contributed by atoms with E-state index in [4.69, 9.17) is 4.74 Å². The number of benzene rings is 2. The van der Waals surface area contributed by atoms with E-state index in [1.54, 1.807) is 12.1 Å². The summed E-state index contributed by atoms with van der Waals surface area (Å²) in [5.74, 6) is -0.148. The molecule has 1 fully saturated rings. The second-order valence-corrected chi connectivity index (χ2v) is 10.7. The topological polar surface area (TPSA) is 136 Å². The molecule has 1 aliphatic rings. The number of nitrogens with one attached hydrogen (secondary N) is 1. The Hall–Kier alpha value is -2.54. The normalized spacial score (nSPS) is 15.5. The highest BCUT2D eigenvalue weighted by atomic mass is 32.2. The fourth-order valence-electron chi connectivity index (χ4n) is 3.28. The summed E-state index contributed by atoms with van der Waals surface area (Å²) in [7, 11) is -6.36. The van der Waals surface area contributed by atoms with Crippen molar-refractivity contribution >= 4 is 25.7 Å². The van der Waals surface area contributed by atoms with Crippen LogP contribution in [0.1, 0.15) is 24.8 Å². The van der Waals surface area contributed by atoms with Crippen LogP contribution in [0.2, 0.25) is 0 Å². The van der Waals surface area contributed by atoms with Gasteiger partial charge in [-0.15, -0.1) is 0 Å². The van der Waals surface area contributed by atoms with Crippen LogP contribution in [0.4, 0.5) is 5.69 Å². The summed E-state index contributed by atoms with van der Waals surface area (Å²) in [4.78, 5) is 10.2. The molecular weight excluding hydrogens is 446 g/mol. The molecule has 0 radical (unpaired) electrons. The number of nitro benzene ring substituents is 1. The maximum Gasteiger partial charge on any atom is 0.273 e. The van der Waals surface area contributed by atoms with E-state index in [2.05, 4.69) is 4.72 Å². The zero-order valence-electron chi connectivity index (χ0n) is 16.9. The molecule has 2 aromatic rings. The van der Waals surface area contributed by atoms with Gasteiger partial charge in [-0.05, 0) is 36.6 Å². The Morgan fingerprint density at radius 1 is 1.03 bits per heavy atom. The highest BCUT2D eigenvalue weighted by Crippen LogP contribution is 2.28. The second-order valence-electron chi connectivity index (χ2n) is 7.03. The fraction of sp³-hybridized carbons (Fsp3) is 0.368. The molecule has 31 heavy (non-hydrogen) atoms. The van der Waals surface area contributed by atoms with Crippen molar-refractivity contribution < 1.29 is 26.5 Å². The van der Waals surface area contributed by atoms with Crippen molar-refractivity contribution in [1.82, 2.24) is 9.03 Å². The first-order valence-electron chi connectivity index (χ1n) is 9.56. The highest BCUT2D eigenvalue weighted by molar-refractivity contribution is 7.89. The van der Waals surface area contributed by atoms with E-state index < -0.39 is 25.0 Å². The lowest BCUT2D eigenvalue weighted by molar-refractivity contribution is -0.385. The molecule has 0 unspecified atom stereocenters. The molecule has 0 amide bonds. The van der Waals surface area contributed by atoms with Gasteiger partial charge in [0.15, 0.2) is 0 Å². The molecular formula is C19H23N3O7S2. The van der Waals surface area contributed by atoms with Gasteiger partial charge in [0.1, 0.15) is 10.6 Å². The molecule has 0 spiro atoms. The average molecular weight is 470 g/mol. The number of piperidine rings is 1. The molecule has 3 rings (SSSR count). The SMILES string of the molecule is COc1cc([N+](=O)[O-])ccc1S(=O)(=O)NCc1ccc(S(=O)(=O)N2CCCCC2)cc1. The summed E-state index contributed by atoms with van der Waals surface area (Å²) >= 11 is 0. The van der Waals surface area contributed by atoms with Gasteiger partial charge in [-0.3, -0.25) is 10.1 Å². The van der Waals surface area contributed by atoms with E-state index in [1.807, 2.05) is 0 Å². The van der Waals surface area contributed by atoms with Crippen LogP contribution in [0, 0.1) is 10.1 Å². The number of sulfonamides is 2. The van der Waals surface area contributed by atoms with Crippen LogP contribution in [-0.2, 0) is 26.6 Å². The number of rotatable bonds is 8. The fourth-order valence-corrected chi connectivity index (χ4v) is 5.97. The van der Waals surface area contributed by atoms with Crippen LogP contribution in [0.5, 0.6) is 5.75 Å². The van der Waals surface area contributed by atoms with E-state index >= 15 is 0 Å². The molecule has 2 aromatic carbocycles. The van der Waals surface area contributed by atoms with Crippen LogP contribution in [0.3, 0.4) is 0 Å².